The molecule has 7 heteroatoms. The van der Waals surface area contributed by atoms with Crippen LogP contribution < -0.4 is 0 Å². The van der Waals surface area contributed by atoms with Crippen molar-refractivity contribution in [3.8, 4) is 0 Å². The van der Waals surface area contributed by atoms with Crippen molar-refractivity contribution in [3.05, 3.63) is 71.5 Å². The Morgan fingerprint density at radius 1 is 0.970 bits per heavy atom. The van der Waals surface area contributed by atoms with Gasteiger partial charge in [0.05, 0.1) is 18.5 Å². The van der Waals surface area contributed by atoms with E-state index in [2.05, 4.69) is 0 Å². The summed E-state index contributed by atoms with van der Waals surface area (Å²) in [6, 6.07) is 16.6. The van der Waals surface area contributed by atoms with Crippen molar-refractivity contribution in [1.29, 1.82) is 0 Å². The van der Waals surface area contributed by atoms with Crippen LogP contribution in [0.15, 0.2) is 54.6 Å². The van der Waals surface area contributed by atoms with Gasteiger partial charge in [0.2, 0.25) is 5.91 Å². The molecule has 3 heterocycles. The maximum absolute atomic E-state index is 14.8. The molecule has 6 nitrogen and oxygen atoms in total. The average molecular weight is 453 g/mol. The predicted octanol–water partition coefficient (Wildman–Crippen LogP) is 3.54. The number of rotatable bonds is 5. The summed E-state index contributed by atoms with van der Waals surface area (Å²) in [4.78, 5) is 29.9. The van der Waals surface area contributed by atoms with E-state index in [1.807, 2.05) is 30.3 Å². The molecule has 0 unspecified atom stereocenters. The lowest BCUT2D eigenvalue weighted by molar-refractivity contribution is -0.141. The van der Waals surface area contributed by atoms with Crippen molar-refractivity contribution >= 4 is 12.0 Å². The molecule has 1 atom stereocenters. The van der Waals surface area contributed by atoms with Gasteiger partial charge in [0, 0.05) is 38.3 Å². The number of carbonyl (C=O) groups is 2. The highest BCUT2D eigenvalue weighted by Crippen LogP contribution is 2.41. The van der Waals surface area contributed by atoms with E-state index in [-0.39, 0.29) is 17.8 Å². The summed E-state index contributed by atoms with van der Waals surface area (Å²) >= 11 is 0. The van der Waals surface area contributed by atoms with E-state index < -0.39 is 11.0 Å². The Labute approximate surface area is 193 Å². The molecule has 33 heavy (non-hydrogen) atoms. The Bertz CT molecular complexity index is 1020. The number of halogens is 1. The van der Waals surface area contributed by atoms with Gasteiger partial charge in [-0.05, 0) is 30.9 Å². The Kier molecular flexibility index (Phi) is 5.83. The molecule has 2 aromatic carbocycles. The number of benzene rings is 2. The van der Waals surface area contributed by atoms with Crippen molar-refractivity contribution in [2.75, 3.05) is 39.4 Å². The van der Waals surface area contributed by atoms with Gasteiger partial charge in [-0.1, -0.05) is 48.5 Å². The molecule has 3 fully saturated rings. The average Bonchev–Trinajstić information content (AvgIpc) is 3.40. The minimum absolute atomic E-state index is 0.0911. The van der Waals surface area contributed by atoms with E-state index in [1.54, 1.807) is 28.0 Å². The van der Waals surface area contributed by atoms with Crippen LogP contribution in [0.4, 0.5) is 9.18 Å². The highest BCUT2D eigenvalue weighted by molar-refractivity contribution is 5.89. The summed E-state index contributed by atoms with van der Waals surface area (Å²) in [5.74, 6) is -0.451. The number of ether oxygens (including phenoxy) is 2. The van der Waals surface area contributed by atoms with Crippen LogP contribution in [0.1, 0.15) is 30.4 Å². The molecule has 2 amide bonds. The predicted molar refractivity (Wildman–Crippen MR) is 120 cm³/mol. The summed E-state index contributed by atoms with van der Waals surface area (Å²) in [6.45, 7) is 2.72. The highest BCUT2D eigenvalue weighted by Gasteiger charge is 2.54. The Hall–Kier alpha value is -2.93. The van der Waals surface area contributed by atoms with E-state index in [0.29, 0.717) is 64.2 Å². The Morgan fingerprint density at radius 3 is 2.45 bits per heavy atom. The van der Waals surface area contributed by atoms with Gasteiger partial charge in [0.15, 0.2) is 5.60 Å². The van der Waals surface area contributed by atoms with Gasteiger partial charge in [-0.3, -0.25) is 4.79 Å². The smallest absolute Gasteiger partial charge is 0.410 e. The topological polar surface area (TPSA) is 59.1 Å². The van der Waals surface area contributed by atoms with Crippen molar-refractivity contribution < 1.29 is 23.5 Å². The monoisotopic (exact) mass is 452 g/mol. The van der Waals surface area contributed by atoms with Crippen LogP contribution in [-0.2, 0) is 26.1 Å². The normalized spacial score (nSPS) is 24.3. The van der Waals surface area contributed by atoms with E-state index in [1.165, 1.54) is 11.6 Å². The second-order valence-corrected chi connectivity index (χ2v) is 9.36. The van der Waals surface area contributed by atoms with E-state index in [4.69, 9.17) is 9.47 Å². The molecular formula is C26H29FN2O4. The highest BCUT2D eigenvalue weighted by atomic mass is 19.1. The molecule has 0 radical (unpaired) electrons. The molecule has 1 spiro atoms. The van der Waals surface area contributed by atoms with Gasteiger partial charge in [0.25, 0.3) is 0 Å². The summed E-state index contributed by atoms with van der Waals surface area (Å²) in [5, 5.41) is 0. The largest absolute Gasteiger partial charge is 0.439 e. The first-order valence-corrected chi connectivity index (χ1v) is 11.7. The minimum atomic E-state index is -0.940. The number of amides is 2. The first-order chi connectivity index (χ1) is 16.0. The molecule has 5 rings (SSSR count). The van der Waals surface area contributed by atoms with Crippen LogP contribution in [0.5, 0.6) is 0 Å². The van der Waals surface area contributed by atoms with Crippen LogP contribution in [0.2, 0.25) is 0 Å². The van der Waals surface area contributed by atoms with E-state index >= 15 is 0 Å². The number of carbonyl (C=O) groups excluding carboxylic acids is 2. The lowest BCUT2D eigenvalue weighted by atomic mass is 9.72. The molecule has 174 valence electrons. The number of hydrogen-bond donors (Lipinski definition) is 0. The second-order valence-electron chi connectivity index (χ2n) is 9.36. The number of nitrogens with zero attached hydrogens (tertiary/aromatic N) is 2. The summed E-state index contributed by atoms with van der Waals surface area (Å²) in [7, 11) is 0. The third kappa shape index (κ3) is 4.10. The number of likely N-dealkylation sites (tertiary alicyclic amines) is 1. The lowest BCUT2D eigenvalue weighted by Crippen LogP contribution is -2.51. The zero-order chi connectivity index (χ0) is 22.9. The van der Waals surface area contributed by atoms with Crippen molar-refractivity contribution in [2.24, 2.45) is 0 Å². The molecule has 3 saturated heterocycles. The molecule has 2 aromatic rings. The van der Waals surface area contributed by atoms with Crippen molar-refractivity contribution in [2.45, 2.75) is 36.7 Å². The van der Waals surface area contributed by atoms with Gasteiger partial charge in [-0.15, -0.1) is 0 Å². The molecule has 0 saturated carbocycles. The first kappa shape index (κ1) is 21.9. The van der Waals surface area contributed by atoms with E-state index in [9.17, 15) is 14.0 Å². The zero-order valence-electron chi connectivity index (χ0n) is 18.7. The van der Waals surface area contributed by atoms with Gasteiger partial charge in [-0.2, -0.15) is 0 Å². The van der Waals surface area contributed by atoms with Crippen LogP contribution in [0.25, 0.3) is 0 Å². The number of hydrogen-bond acceptors (Lipinski definition) is 4. The fourth-order valence-electron chi connectivity index (χ4n) is 5.47. The van der Waals surface area contributed by atoms with E-state index in [0.717, 1.165) is 6.42 Å². The SMILES string of the molecule is O=C1O[C@@]2(CCN(C(=O)C3(c4ccccc4F)CCOCC3)C2)CN1CCc1ccccc1. The third-order valence-electron chi connectivity index (χ3n) is 7.30. The van der Waals surface area contributed by atoms with Crippen LogP contribution in [-0.4, -0.2) is 66.8 Å². The maximum Gasteiger partial charge on any atom is 0.410 e. The Morgan fingerprint density at radius 2 is 1.70 bits per heavy atom. The second kappa shape index (κ2) is 8.78. The fourth-order valence-corrected chi connectivity index (χ4v) is 5.47. The summed E-state index contributed by atoms with van der Waals surface area (Å²) < 4.78 is 26.2. The first-order valence-electron chi connectivity index (χ1n) is 11.7. The van der Waals surface area contributed by atoms with Gasteiger partial charge < -0.3 is 19.3 Å². The standard InChI is InChI=1S/C26H29FN2O4/c27-22-9-5-4-8-21(22)26(12-16-32-17-13-26)23(30)28-15-11-25(18-28)19-29(24(31)33-25)14-10-20-6-2-1-3-7-20/h1-9H,10-19H2/t25-/m1/s1. The van der Waals surface area contributed by atoms with Crippen LogP contribution in [0.3, 0.4) is 0 Å². The molecule has 0 aliphatic carbocycles. The maximum atomic E-state index is 14.8. The van der Waals surface area contributed by atoms with Gasteiger partial charge in [-0.25, -0.2) is 9.18 Å². The van der Waals surface area contributed by atoms with Gasteiger partial charge >= 0.3 is 6.09 Å². The lowest BCUT2D eigenvalue weighted by Gasteiger charge is -2.39. The van der Waals surface area contributed by atoms with Gasteiger partial charge in [0.1, 0.15) is 5.82 Å². The molecule has 0 bridgehead atoms. The molecule has 3 aliphatic heterocycles. The molecule has 0 aromatic heterocycles. The third-order valence-corrected chi connectivity index (χ3v) is 7.30. The zero-order valence-corrected chi connectivity index (χ0v) is 18.7. The Balaban J connectivity index is 1.30. The fraction of sp³-hybridized carbons (Fsp3) is 0.462. The quantitative estimate of drug-likeness (QED) is 0.696. The molecule has 0 N–H and O–H groups in total. The molecule has 3 aliphatic rings. The van der Waals surface area contributed by atoms with Crippen LogP contribution >= 0.6 is 0 Å². The van der Waals surface area contributed by atoms with Crippen molar-refractivity contribution in [3.63, 3.8) is 0 Å². The molecular weight excluding hydrogens is 423 g/mol. The minimum Gasteiger partial charge on any atom is -0.439 e. The summed E-state index contributed by atoms with van der Waals surface area (Å²) in [5.41, 5.74) is -0.0246. The van der Waals surface area contributed by atoms with Crippen LogP contribution in [0, 0.1) is 5.82 Å². The summed E-state index contributed by atoms with van der Waals surface area (Å²) in [6.07, 6.45) is 1.91. The van der Waals surface area contributed by atoms with Crippen molar-refractivity contribution in [1.82, 2.24) is 9.80 Å².